The second kappa shape index (κ2) is 18.3. The molecule has 37 heavy (non-hydrogen) atoms. The first-order chi connectivity index (χ1) is 16.0. The van der Waals surface area contributed by atoms with Crippen molar-refractivity contribution in [1.29, 1.82) is 0 Å². The first-order valence-electron chi connectivity index (χ1n) is 13.2. The van der Waals surface area contributed by atoms with Crippen molar-refractivity contribution < 1.29 is 19.1 Å². The maximum absolute atomic E-state index is 12.1. The monoisotopic (exact) mass is 608 g/mol. The third kappa shape index (κ3) is 10.8. The molecule has 0 aromatic rings. The van der Waals surface area contributed by atoms with Crippen LogP contribution >= 0.6 is 49.6 Å². The zero-order valence-electron chi connectivity index (χ0n) is 22.4. The number of likely N-dealkylation sites (N-methyl/N-ethyl adjacent to an activating group) is 2. The van der Waals surface area contributed by atoms with Gasteiger partial charge in [-0.25, -0.2) is 0 Å². The summed E-state index contributed by atoms with van der Waals surface area (Å²) < 4.78 is 10.9. The Morgan fingerprint density at radius 2 is 0.946 bits per heavy atom. The smallest absolute Gasteiger partial charge is 0.305 e. The van der Waals surface area contributed by atoms with Crippen LogP contribution in [0.2, 0.25) is 0 Å². The molecule has 0 aromatic heterocycles. The van der Waals surface area contributed by atoms with Gasteiger partial charge < -0.3 is 19.3 Å². The Morgan fingerprint density at radius 3 is 1.27 bits per heavy atom. The summed E-state index contributed by atoms with van der Waals surface area (Å²) in [6.45, 7) is 7.01. The minimum absolute atomic E-state index is 0. The molecule has 0 N–H and O–H groups in total. The van der Waals surface area contributed by atoms with Gasteiger partial charge in [-0.05, 0) is 46.2 Å². The second-order valence-electron chi connectivity index (χ2n) is 10.7. The van der Waals surface area contributed by atoms with Gasteiger partial charge in [0.25, 0.3) is 0 Å². The van der Waals surface area contributed by atoms with Crippen LogP contribution in [0.15, 0.2) is 0 Å². The van der Waals surface area contributed by atoms with E-state index in [1.165, 1.54) is 38.5 Å². The summed E-state index contributed by atoms with van der Waals surface area (Å²) in [4.78, 5) is 34.2. The Morgan fingerprint density at radius 1 is 0.622 bits per heavy atom. The predicted octanol–water partition coefficient (Wildman–Crippen LogP) is 3.27. The number of halogens is 4. The van der Waals surface area contributed by atoms with Gasteiger partial charge in [0.05, 0.1) is 0 Å². The Kier molecular flexibility index (Phi) is 18.3. The van der Waals surface area contributed by atoms with E-state index in [0.29, 0.717) is 43.8 Å². The summed E-state index contributed by atoms with van der Waals surface area (Å²) >= 11 is 0. The predicted molar refractivity (Wildman–Crippen MR) is 156 cm³/mol. The molecule has 0 aromatic carbocycles. The molecule has 4 rings (SSSR count). The van der Waals surface area contributed by atoms with Crippen molar-refractivity contribution in [2.75, 3.05) is 66.6 Å². The van der Waals surface area contributed by atoms with Gasteiger partial charge in [-0.2, -0.15) is 0 Å². The number of piperazine rings is 2. The van der Waals surface area contributed by atoms with Crippen molar-refractivity contribution in [3.63, 3.8) is 0 Å². The van der Waals surface area contributed by atoms with E-state index in [2.05, 4.69) is 33.7 Å². The topological polar surface area (TPSA) is 65.6 Å². The molecule has 8 nitrogen and oxygen atoms in total. The van der Waals surface area contributed by atoms with Crippen molar-refractivity contribution in [2.45, 2.75) is 82.0 Å². The third-order valence-corrected chi connectivity index (χ3v) is 8.10. The van der Waals surface area contributed by atoms with Gasteiger partial charge in [-0.1, -0.05) is 12.8 Å². The van der Waals surface area contributed by atoms with Crippen LogP contribution in [-0.4, -0.2) is 122 Å². The highest BCUT2D eigenvalue weighted by molar-refractivity contribution is 5.86. The molecular formula is C25H48Cl4N4O4. The van der Waals surface area contributed by atoms with E-state index >= 15 is 0 Å². The van der Waals surface area contributed by atoms with Gasteiger partial charge in [0.2, 0.25) is 0 Å². The SMILES string of the molecule is CN1CC2CCCC(C1)N2CCOC(=O)CCCC(=O)OCCN1C2CCCC1CN(C)C2.Cl.Cl.Cl.Cl. The molecule has 4 saturated heterocycles. The standard InChI is InChI=1S/C25H44N4O4.4ClH/c1-26-16-20-6-3-7-21(17-26)28(20)12-14-32-24(30)10-5-11-25(31)33-15-13-29-22-8-4-9-23(29)19-27(2)18-22;;;;/h20-23H,3-19H2,1-2H3;4*1H. The molecule has 220 valence electrons. The van der Waals surface area contributed by atoms with E-state index in [4.69, 9.17) is 9.47 Å². The first-order valence-corrected chi connectivity index (χ1v) is 13.2. The number of hydrogen-bond acceptors (Lipinski definition) is 8. The lowest BCUT2D eigenvalue weighted by Gasteiger charge is -2.49. The molecule has 12 heteroatoms. The quantitative estimate of drug-likeness (QED) is 0.350. The molecule has 0 aliphatic carbocycles. The van der Waals surface area contributed by atoms with E-state index in [-0.39, 0.29) is 74.4 Å². The summed E-state index contributed by atoms with van der Waals surface area (Å²) in [5, 5.41) is 0. The van der Waals surface area contributed by atoms with Crippen LogP contribution in [0.1, 0.15) is 57.8 Å². The van der Waals surface area contributed by atoms with Crippen LogP contribution in [0.4, 0.5) is 0 Å². The van der Waals surface area contributed by atoms with Gasteiger partial charge in [0, 0.05) is 76.3 Å². The maximum atomic E-state index is 12.1. The van der Waals surface area contributed by atoms with Gasteiger partial charge in [-0.15, -0.1) is 49.6 Å². The number of carbonyl (C=O) groups excluding carboxylic acids is 2. The molecule has 4 atom stereocenters. The van der Waals surface area contributed by atoms with E-state index in [1.54, 1.807) is 0 Å². The Balaban J connectivity index is 0.00000324. The summed E-state index contributed by atoms with van der Waals surface area (Å²) in [5.74, 6) is -0.403. The van der Waals surface area contributed by atoms with Crippen LogP contribution in [0, 0.1) is 0 Å². The Labute approximate surface area is 248 Å². The number of fused-ring (bicyclic) bond motifs is 4. The molecule has 0 spiro atoms. The van der Waals surface area contributed by atoms with Crippen LogP contribution in [0.5, 0.6) is 0 Å². The first kappa shape index (κ1) is 36.9. The van der Waals surface area contributed by atoms with Gasteiger partial charge in [-0.3, -0.25) is 19.4 Å². The van der Waals surface area contributed by atoms with E-state index in [9.17, 15) is 9.59 Å². The van der Waals surface area contributed by atoms with Crippen molar-refractivity contribution >= 4 is 61.6 Å². The van der Waals surface area contributed by atoms with Gasteiger partial charge >= 0.3 is 11.9 Å². The molecule has 4 unspecified atom stereocenters. The van der Waals surface area contributed by atoms with Crippen molar-refractivity contribution in [1.82, 2.24) is 19.6 Å². The molecule has 0 radical (unpaired) electrons. The largest absolute Gasteiger partial charge is 0.464 e. The van der Waals surface area contributed by atoms with E-state index in [0.717, 1.165) is 39.3 Å². The minimum Gasteiger partial charge on any atom is -0.464 e. The van der Waals surface area contributed by atoms with Crippen LogP contribution in [-0.2, 0) is 19.1 Å². The molecule has 0 saturated carbocycles. The fraction of sp³-hybridized carbons (Fsp3) is 0.920. The lowest BCUT2D eigenvalue weighted by atomic mass is 9.91. The Bertz CT molecular complexity index is 599. The molecule has 0 amide bonds. The van der Waals surface area contributed by atoms with Crippen LogP contribution in [0.25, 0.3) is 0 Å². The summed E-state index contributed by atoms with van der Waals surface area (Å²) in [6.07, 6.45) is 8.66. The zero-order valence-corrected chi connectivity index (χ0v) is 25.7. The van der Waals surface area contributed by atoms with Crippen LogP contribution < -0.4 is 0 Å². The fourth-order valence-electron chi connectivity index (χ4n) is 6.59. The van der Waals surface area contributed by atoms with Crippen LogP contribution in [0.3, 0.4) is 0 Å². The molecule has 4 aliphatic rings. The molecule has 4 aliphatic heterocycles. The second-order valence-corrected chi connectivity index (χ2v) is 10.7. The zero-order chi connectivity index (χ0) is 23.2. The normalized spacial score (nSPS) is 27.9. The molecular weight excluding hydrogens is 562 g/mol. The average molecular weight is 610 g/mol. The molecule has 4 bridgehead atoms. The molecule has 4 fully saturated rings. The number of hydrogen-bond donors (Lipinski definition) is 0. The minimum atomic E-state index is -0.202. The number of likely N-dealkylation sites (tertiary alicyclic amines) is 2. The number of nitrogens with zero attached hydrogens (tertiary/aromatic N) is 4. The van der Waals surface area contributed by atoms with Gasteiger partial charge in [0.15, 0.2) is 0 Å². The highest BCUT2D eigenvalue weighted by Crippen LogP contribution is 2.28. The highest BCUT2D eigenvalue weighted by atomic mass is 35.5. The maximum Gasteiger partial charge on any atom is 0.305 e. The number of piperidine rings is 2. The van der Waals surface area contributed by atoms with E-state index in [1.807, 2.05) is 0 Å². The number of esters is 2. The van der Waals surface area contributed by atoms with E-state index < -0.39 is 0 Å². The van der Waals surface area contributed by atoms with Crippen molar-refractivity contribution in [3.05, 3.63) is 0 Å². The van der Waals surface area contributed by atoms with Crippen molar-refractivity contribution in [3.8, 4) is 0 Å². The fourth-order valence-corrected chi connectivity index (χ4v) is 6.59. The third-order valence-electron chi connectivity index (χ3n) is 8.10. The number of rotatable bonds is 10. The number of ether oxygens (including phenoxy) is 2. The average Bonchev–Trinajstić information content (AvgIpc) is 2.74. The van der Waals surface area contributed by atoms with Crippen molar-refractivity contribution in [2.24, 2.45) is 0 Å². The lowest BCUT2D eigenvalue weighted by Crippen LogP contribution is -2.60. The highest BCUT2D eigenvalue weighted by Gasteiger charge is 2.36. The summed E-state index contributed by atoms with van der Waals surface area (Å²) in [7, 11) is 4.40. The van der Waals surface area contributed by atoms with Gasteiger partial charge in [0.1, 0.15) is 13.2 Å². The lowest BCUT2D eigenvalue weighted by molar-refractivity contribution is -0.146. The Hall–Kier alpha value is -0.0600. The number of carbonyl (C=O) groups is 2. The summed E-state index contributed by atoms with van der Waals surface area (Å²) in [6, 6.07) is 2.39. The molecule has 4 heterocycles. The summed E-state index contributed by atoms with van der Waals surface area (Å²) in [5.41, 5.74) is 0.